The van der Waals surface area contributed by atoms with E-state index in [0.717, 1.165) is 56.6 Å². The van der Waals surface area contributed by atoms with Crippen molar-refractivity contribution in [3.63, 3.8) is 0 Å². The molecule has 34 heavy (non-hydrogen) atoms. The Morgan fingerprint density at radius 2 is 1.97 bits per heavy atom. The molecule has 2 aromatic rings. The summed E-state index contributed by atoms with van der Waals surface area (Å²) in [6.07, 6.45) is 8.90. The number of aliphatic hydroxyl groups is 1. The van der Waals surface area contributed by atoms with Gasteiger partial charge in [-0.1, -0.05) is 11.6 Å². The van der Waals surface area contributed by atoms with Crippen molar-refractivity contribution in [1.29, 1.82) is 5.26 Å². The smallest absolute Gasteiger partial charge is 0.149 e. The summed E-state index contributed by atoms with van der Waals surface area (Å²) in [4.78, 5) is 16.9. The van der Waals surface area contributed by atoms with E-state index < -0.39 is 16.3 Å². The largest absolute Gasteiger partial charge is 0.394 e. The number of nitriles is 1. The van der Waals surface area contributed by atoms with Crippen molar-refractivity contribution in [2.75, 3.05) is 35.7 Å². The number of fused-ring (bicyclic) bond motifs is 3. The Kier molecular flexibility index (Phi) is 5.51. The second-order valence-corrected chi connectivity index (χ2v) is 12.0. The molecule has 10 heteroatoms. The van der Waals surface area contributed by atoms with E-state index in [1.54, 1.807) is 12.4 Å². The van der Waals surface area contributed by atoms with E-state index in [9.17, 15) is 14.6 Å². The van der Waals surface area contributed by atoms with Crippen LogP contribution < -0.4 is 10.2 Å². The number of piperidine rings is 1. The Morgan fingerprint density at radius 1 is 1.26 bits per heavy atom. The van der Waals surface area contributed by atoms with Crippen LogP contribution in [-0.4, -0.2) is 55.3 Å². The predicted molar refractivity (Wildman–Crippen MR) is 129 cm³/mol. The number of nitrogens with zero attached hydrogens (tertiary/aromatic N) is 5. The molecule has 6 rings (SSSR count). The van der Waals surface area contributed by atoms with E-state index in [2.05, 4.69) is 26.3 Å². The number of rotatable bonds is 5. The lowest BCUT2D eigenvalue weighted by Crippen LogP contribution is -2.49. The molecule has 2 unspecified atom stereocenters. The van der Waals surface area contributed by atoms with Crippen molar-refractivity contribution in [1.82, 2.24) is 15.0 Å². The minimum Gasteiger partial charge on any atom is -0.394 e. The molecule has 0 amide bonds. The summed E-state index contributed by atoms with van der Waals surface area (Å²) in [5.41, 5.74) is 1.01. The Balaban J connectivity index is 1.36. The highest BCUT2D eigenvalue weighted by molar-refractivity contribution is 7.85. The Labute approximate surface area is 206 Å². The number of hydrogen-bond acceptors (Lipinski definition) is 8. The lowest BCUT2D eigenvalue weighted by molar-refractivity contribution is 0.143. The van der Waals surface area contributed by atoms with Crippen molar-refractivity contribution in [3.05, 3.63) is 34.4 Å². The summed E-state index contributed by atoms with van der Waals surface area (Å²) in [6.45, 7) is 1.57. The molecule has 1 saturated heterocycles. The molecule has 8 nitrogen and oxygen atoms in total. The Bertz CT molecular complexity index is 1180. The average Bonchev–Trinajstić information content (AvgIpc) is 3.33. The third kappa shape index (κ3) is 3.50. The summed E-state index contributed by atoms with van der Waals surface area (Å²) >= 11 is 6.00. The number of nitrogens with one attached hydrogen (secondary N) is 1. The minimum atomic E-state index is -1.19. The first-order valence-corrected chi connectivity index (χ1v) is 13.7. The highest BCUT2D eigenvalue weighted by atomic mass is 35.5. The van der Waals surface area contributed by atoms with Gasteiger partial charge in [0.25, 0.3) is 0 Å². The lowest BCUT2D eigenvalue weighted by atomic mass is 9.77. The SMILES string of the molecule is N#Cc1c(N2CC3CCC(C2)C3c2ncc(Cl)cn2)nc(NC2(CO)CCC2)c2c1CC[S@]2=O. The molecule has 2 aliphatic carbocycles. The fourth-order valence-electron chi connectivity index (χ4n) is 6.30. The van der Waals surface area contributed by atoms with Crippen molar-refractivity contribution in [2.45, 2.75) is 54.9 Å². The van der Waals surface area contributed by atoms with Crippen molar-refractivity contribution in [2.24, 2.45) is 11.8 Å². The van der Waals surface area contributed by atoms with Gasteiger partial charge in [0.15, 0.2) is 0 Å². The second-order valence-electron chi connectivity index (χ2n) is 10.1. The van der Waals surface area contributed by atoms with Crippen molar-refractivity contribution >= 4 is 34.0 Å². The van der Waals surface area contributed by atoms with Crippen LogP contribution in [0.1, 0.15) is 55.0 Å². The predicted octanol–water partition coefficient (Wildman–Crippen LogP) is 3.02. The van der Waals surface area contributed by atoms with Crippen LogP contribution in [0.3, 0.4) is 0 Å². The molecule has 0 spiro atoms. The third-order valence-corrected chi connectivity index (χ3v) is 9.84. The zero-order chi connectivity index (χ0) is 23.4. The minimum absolute atomic E-state index is 0.0159. The van der Waals surface area contributed by atoms with Crippen molar-refractivity contribution < 1.29 is 9.32 Å². The maximum absolute atomic E-state index is 12.9. The molecule has 3 fully saturated rings. The molecule has 2 aliphatic heterocycles. The van der Waals surface area contributed by atoms with E-state index in [0.29, 0.717) is 51.1 Å². The third-order valence-electron chi connectivity index (χ3n) is 8.18. The average molecular weight is 499 g/mol. The molecule has 4 aliphatic rings. The van der Waals surface area contributed by atoms with Crippen LogP contribution in [0.15, 0.2) is 17.3 Å². The van der Waals surface area contributed by atoms with Crippen LogP contribution in [0.2, 0.25) is 5.02 Å². The number of anilines is 2. The first-order valence-electron chi connectivity index (χ1n) is 12.0. The van der Waals surface area contributed by atoms with Gasteiger partial charge in [-0.2, -0.15) is 5.26 Å². The van der Waals surface area contributed by atoms with E-state index in [-0.39, 0.29) is 12.5 Å². The van der Waals surface area contributed by atoms with Crippen LogP contribution >= 0.6 is 11.6 Å². The van der Waals surface area contributed by atoms with E-state index in [1.165, 1.54) is 0 Å². The molecule has 2 N–H and O–H groups in total. The highest BCUT2D eigenvalue weighted by Gasteiger charge is 2.46. The van der Waals surface area contributed by atoms with Gasteiger partial charge in [-0.05, 0) is 55.9 Å². The van der Waals surface area contributed by atoms with Crippen LogP contribution in [0.4, 0.5) is 11.6 Å². The number of aliphatic hydroxyl groups excluding tert-OH is 1. The van der Waals surface area contributed by atoms with Gasteiger partial charge >= 0.3 is 0 Å². The van der Waals surface area contributed by atoms with Gasteiger partial charge in [0.05, 0.1) is 38.4 Å². The standard InChI is InChI=1S/C24H27ClN6O2S/c25-16-9-27-21(28-10-16)19-14-2-3-15(19)12-31(11-14)23-18(8-26)17-4-7-34(33)20(17)22(29-23)30-24(13-32)5-1-6-24/h9-10,14-15,19,32H,1-7,11-13H2,(H,29,30)/t14?,15?,19?,34-/m1/s1. The van der Waals surface area contributed by atoms with E-state index >= 15 is 0 Å². The Morgan fingerprint density at radius 3 is 2.56 bits per heavy atom. The molecular weight excluding hydrogens is 472 g/mol. The maximum atomic E-state index is 12.9. The summed E-state index contributed by atoms with van der Waals surface area (Å²) in [6, 6.07) is 2.39. The van der Waals surface area contributed by atoms with Gasteiger partial charge in [-0.25, -0.2) is 15.0 Å². The first kappa shape index (κ1) is 22.2. The zero-order valence-corrected chi connectivity index (χ0v) is 20.4. The quantitative estimate of drug-likeness (QED) is 0.646. The van der Waals surface area contributed by atoms with Gasteiger partial charge in [0.1, 0.15) is 23.5 Å². The number of aromatic nitrogens is 3. The number of hydrogen-bond donors (Lipinski definition) is 2. The molecule has 178 valence electrons. The van der Waals surface area contributed by atoms with Gasteiger partial charge in [-0.3, -0.25) is 4.21 Å². The normalized spacial score (nSPS) is 28.8. The molecule has 4 heterocycles. The lowest BCUT2D eigenvalue weighted by Gasteiger charge is -2.42. The highest BCUT2D eigenvalue weighted by Crippen LogP contribution is 2.49. The van der Waals surface area contributed by atoms with E-state index in [4.69, 9.17) is 16.6 Å². The van der Waals surface area contributed by atoms with Gasteiger partial charge in [-0.15, -0.1) is 0 Å². The van der Waals surface area contributed by atoms with Crippen LogP contribution in [0.25, 0.3) is 0 Å². The van der Waals surface area contributed by atoms with Gasteiger partial charge in [0.2, 0.25) is 0 Å². The van der Waals surface area contributed by atoms with E-state index in [1.807, 2.05) is 0 Å². The van der Waals surface area contributed by atoms with Crippen LogP contribution in [-0.2, 0) is 17.2 Å². The summed E-state index contributed by atoms with van der Waals surface area (Å²) < 4.78 is 12.9. The summed E-state index contributed by atoms with van der Waals surface area (Å²) in [7, 11) is -1.19. The fourth-order valence-corrected chi connectivity index (χ4v) is 7.79. The Hall–Kier alpha value is -2.28. The second kappa shape index (κ2) is 8.43. The topological polar surface area (TPSA) is 115 Å². The summed E-state index contributed by atoms with van der Waals surface area (Å²) in [5.74, 6) is 3.67. The molecule has 0 aromatic carbocycles. The first-order chi connectivity index (χ1) is 16.5. The molecular formula is C24H27ClN6O2S. The molecule has 2 bridgehead atoms. The molecule has 3 atom stereocenters. The van der Waals surface area contributed by atoms with Crippen molar-refractivity contribution in [3.8, 4) is 6.07 Å². The van der Waals surface area contributed by atoms with Gasteiger partial charge < -0.3 is 15.3 Å². The van der Waals surface area contributed by atoms with Gasteiger partial charge in [0, 0.05) is 37.2 Å². The molecule has 2 saturated carbocycles. The number of pyridine rings is 1. The molecule has 0 radical (unpaired) electrons. The maximum Gasteiger partial charge on any atom is 0.149 e. The fraction of sp³-hybridized carbons (Fsp3) is 0.583. The summed E-state index contributed by atoms with van der Waals surface area (Å²) in [5, 5.41) is 24.1. The monoisotopic (exact) mass is 498 g/mol. The zero-order valence-electron chi connectivity index (χ0n) is 18.8. The molecule has 2 aromatic heterocycles. The number of halogens is 1. The van der Waals surface area contributed by atoms with Crippen LogP contribution in [0.5, 0.6) is 0 Å². The van der Waals surface area contributed by atoms with Crippen LogP contribution in [0, 0.1) is 23.2 Å².